The molecule has 0 saturated heterocycles. The Balaban J connectivity index is 2.12. The fourth-order valence-corrected chi connectivity index (χ4v) is 3.24. The maximum atomic E-state index is 12.2. The van der Waals surface area contributed by atoms with Crippen LogP contribution < -0.4 is 10.5 Å². The predicted molar refractivity (Wildman–Crippen MR) is 77.9 cm³/mol. The van der Waals surface area contributed by atoms with Gasteiger partial charge in [-0.15, -0.1) is 0 Å². The summed E-state index contributed by atoms with van der Waals surface area (Å²) in [5, 5.41) is 4.24. The van der Waals surface area contributed by atoms with Crippen LogP contribution >= 0.6 is 11.6 Å². The van der Waals surface area contributed by atoms with E-state index in [1.807, 2.05) is 0 Å². The standard InChI is InChI=1S/C12H15ClN4O2S/c1-9(8-17-6-2-5-15-17)16-20(18,19)10-3-4-12(14)11(13)7-10/h2-7,9,16H,8,14H2,1H3. The Morgan fingerprint density at radius 2 is 2.25 bits per heavy atom. The van der Waals surface area contributed by atoms with Gasteiger partial charge in [-0.1, -0.05) is 11.6 Å². The summed E-state index contributed by atoms with van der Waals surface area (Å²) in [6, 6.07) is 5.69. The zero-order valence-corrected chi connectivity index (χ0v) is 12.4. The molecule has 0 amide bonds. The zero-order chi connectivity index (χ0) is 14.8. The van der Waals surface area contributed by atoms with E-state index in [0.717, 1.165) is 0 Å². The number of hydrogen-bond acceptors (Lipinski definition) is 4. The molecule has 1 aromatic carbocycles. The number of nitrogens with one attached hydrogen (secondary N) is 1. The predicted octanol–water partition coefficient (Wildman–Crippen LogP) is 1.49. The summed E-state index contributed by atoms with van der Waals surface area (Å²) in [6.45, 7) is 2.20. The first-order valence-electron chi connectivity index (χ1n) is 5.93. The average Bonchev–Trinajstić information content (AvgIpc) is 2.84. The molecule has 0 fully saturated rings. The van der Waals surface area contributed by atoms with Crippen LogP contribution in [0.15, 0.2) is 41.6 Å². The first-order chi connectivity index (χ1) is 9.38. The monoisotopic (exact) mass is 314 g/mol. The Morgan fingerprint density at radius 3 is 2.85 bits per heavy atom. The number of nitrogens with zero attached hydrogens (tertiary/aromatic N) is 2. The Kier molecular flexibility index (Phi) is 4.32. The summed E-state index contributed by atoms with van der Waals surface area (Å²) in [6.07, 6.45) is 3.41. The molecule has 1 unspecified atom stereocenters. The maximum Gasteiger partial charge on any atom is 0.240 e. The van der Waals surface area contributed by atoms with Crippen LogP contribution in [0.4, 0.5) is 5.69 Å². The highest BCUT2D eigenvalue weighted by Crippen LogP contribution is 2.22. The Labute approximate surface area is 122 Å². The molecule has 0 aliphatic heterocycles. The molecular weight excluding hydrogens is 300 g/mol. The van der Waals surface area contributed by atoms with Crippen LogP contribution in [-0.4, -0.2) is 24.2 Å². The van der Waals surface area contributed by atoms with E-state index >= 15 is 0 Å². The van der Waals surface area contributed by atoms with E-state index in [2.05, 4.69) is 9.82 Å². The van der Waals surface area contributed by atoms with Crippen LogP contribution in [0.3, 0.4) is 0 Å². The summed E-state index contributed by atoms with van der Waals surface area (Å²) in [5.74, 6) is 0. The topological polar surface area (TPSA) is 90.0 Å². The normalized spacial score (nSPS) is 13.3. The summed E-state index contributed by atoms with van der Waals surface area (Å²) in [7, 11) is -3.63. The molecule has 2 rings (SSSR count). The van der Waals surface area contributed by atoms with E-state index in [1.165, 1.54) is 18.2 Å². The first kappa shape index (κ1) is 14.8. The lowest BCUT2D eigenvalue weighted by Gasteiger charge is -2.14. The molecule has 20 heavy (non-hydrogen) atoms. The smallest absolute Gasteiger partial charge is 0.240 e. The Morgan fingerprint density at radius 1 is 1.50 bits per heavy atom. The molecule has 0 spiro atoms. The van der Waals surface area contributed by atoms with E-state index in [9.17, 15) is 8.42 Å². The molecule has 6 nitrogen and oxygen atoms in total. The van der Waals surface area contributed by atoms with Crippen molar-refractivity contribution < 1.29 is 8.42 Å². The van der Waals surface area contributed by atoms with Crippen molar-refractivity contribution in [1.29, 1.82) is 0 Å². The largest absolute Gasteiger partial charge is 0.398 e. The van der Waals surface area contributed by atoms with Gasteiger partial charge in [0, 0.05) is 18.4 Å². The van der Waals surface area contributed by atoms with Crippen molar-refractivity contribution in [2.75, 3.05) is 5.73 Å². The van der Waals surface area contributed by atoms with Gasteiger partial charge < -0.3 is 5.73 Å². The number of anilines is 1. The number of rotatable bonds is 5. The minimum Gasteiger partial charge on any atom is -0.398 e. The third kappa shape index (κ3) is 3.50. The minimum atomic E-state index is -3.63. The van der Waals surface area contributed by atoms with Gasteiger partial charge in [0.05, 0.1) is 22.2 Å². The van der Waals surface area contributed by atoms with Gasteiger partial charge in [-0.2, -0.15) is 5.10 Å². The lowest BCUT2D eigenvalue weighted by molar-refractivity contribution is 0.494. The maximum absolute atomic E-state index is 12.2. The van der Waals surface area contributed by atoms with E-state index in [0.29, 0.717) is 12.2 Å². The summed E-state index contributed by atoms with van der Waals surface area (Å²) in [4.78, 5) is 0.0871. The number of nitrogens with two attached hydrogens (primary N) is 1. The molecule has 8 heteroatoms. The number of hydrogen-bond donors (Lipinski definition) is 2. The second kappa shape index (κ2) is 5.82. The molecule has 0 bridgehead atoms. The van der Waals surface area contributed by atoms with Crippen molar-refractivity contribution in [2.24, 2.45) is 0 Å². The molecule has 1 aromatic heterocycles. The number of aromatic nitrogens is 2. The second-order valence-corrected chi connectivity index (χ2v) is 6.55. The fourth-order valence-electron chi connectivity index (χ4n) is 1.73. The van der Waals surface area contributed by atoms with E-state index < -0.39 is 10.0 Å². The highest BCUT2D eigenvalue weighted by atomic mass is 35.5. The molecule has 1 heterocycles. The van der Waals surface area contributed by atoms with Crippen molar-refractivity contribution in [2.45, 2.75) is 24.4 Å². The number of benzene rings is 1. The van der Waals surface area contributed by atoms with Gasteiger partial charge in [0.25, 0.3) is 0 Å². The highest BCUT2D eigenvalue weighted by molar-refractivity contribution is 7.89. The van der Waals surface area contributed by atoms with Gasteiger partial charge in [-0.3, -0.25) is 4.68 Å². The van der Waals surface area contributed by atoms with Crippen molar-refractivity contribution in [1.82, 2.24) is 14.5 Å². The number of sulfonamides is 1. The molecule has 3 N–H and O–H groups in total. The minimum absolute atomic E-state index is 0.0871. The summed E-state index contributed by atoms with van der Waals surface area (Å²) in [5.41, 5.74) is 5.91. The van der Waals surface area contributed by atoms with Crippen molar-refractivity contribution in [3.8, 4) is 0 Å². The van der Waals surface area contributed by atoms with Crippen LogP contribution in [0, 0.1) is 0 Å². The van der Waals surface area contributed by atoms with Crippen LogP contribution in [-0.2, 0) is 16.6 Å². The van der Waals surface area contributed by atoms with E-state index in [1.54, 1.807) is 30.1 Å². The van der Waals surface area contributed by atoms with Gasteiger partial charge >= 0.3 is 0 Å². The third-order valence-electron chi connectivity index (χ3n) is 2.66. The molecular formula is C12H15ClN4O2S. The van der Waals surface area contributed by atoms with Crippen LogP contribution in [0.2, 0.25) is 5.02 Å². The van der Waals surface area contributed by atoms with Gasteiger partial charge in [-0.05, 0) is 31.2 Å². The van der Waals surface area contributed by atoms with Crippen LogP contribution in [0.1, 0.15) is 6.92 Å². The van der Waals surface area contributed by atoms with Gasteiger partial charge in [0.15, 0.2) is 0 Å². The number of halogens is 1. The molecule has 0 aliphatic rings. The SMILES string of the molecule is CC(Cn1cccn1)NS(=O)(=O)c1ccc(N)c(Cl)c1. The average molecular weight is 315 g/mol. The lowest BCUT2D eigenvalue weighted by atomic mass is 10.3. The quantitative estimate of drug-likeness (QED) is 0.818. The zero-order valence-electron chi connectivity index (χ0n) is 10.8. The van der Waals surface area contributed by atoms with E-state index in [-0.39, 0.29) is 16.0 Å². The molecule has 0 radical (unpaired) electrons. The second-order valence-electron chi connectivity index (χ2n) is 4.43. The molecule has 0 aliphatic carbocycles. The van der Waals surface area contributed by atoms with Gasteiger partial charge in [-0.25, -0.2) is 13.1 Å². The Bertz CT molecular complexity index is 685. The highest BCUT2D eigenvalue weighted by Gasteiger charge is 2.18. The van der Waals surface area contributed by atoms with Crippen molar-refractivity contribution in [3.05, 3.63) is 41.7 Å². The van der Waals surface area contributed by atoms with Crippen molar-refractivity contribution in [3.63, 3.8) is 0 Å². The van der Waals surface area contributed by atoms with Crippen LogP contribution in [0.5, 0.6) is 0 Å². The molecule has 0 saturated carbocycles. The third-order valence-corrected chi connectivity index (χ3v) is 4.57. The van der Waals surface area contributed by atoms with Crippen molar-refractivity contribution >= 4 is 27.3 Å². The van der Waals surface area contributed by atoms with Gasteiger partial charge in [0.1, 0.15) is 0 Å². The molecule has 2 aromatic rings. The fraction of sp³-hybridized carbons (Fsp3) is 0.250. The van der Waals surface area contributed by atoms with Crippen LogP contribution in [0.25, 0.3) is 0 Å². The lowest BCUT2D eigenvalue weighted by Crippen LogP contribution is -2.35. The first-order valence-corrected chi connectivity index (χ1v) is 7.79. The van der Waals surface area contributed by atoms with E-state index in [4.69, 9.17) is 17.3 Å². The number of nitrogen functional groups attached to an aromatic ring is 1. The van der Waals surface area contributed by atoms with Gasteiger partial charge in [0.2, 0.25) is 10.0 Å². The molecule has 1 atom stereocenters. The summed E-state index contributed by atoms with van der Waals surface area (Å²) < 4.78 is 28.6. The Hall–Kier alpha value is -1.57. The summed E-state index contributed by atoms with van der Waals surface area (Å²) >= 11 is 5.84. The molecule has 108 valence electrons.